The summed E-state index contributed by atoms with van der Waals surface area (Å²) in [6.07, 6.45) is 6.31. The van der Waals surface area contributed by atoms with Gasteiger partial charge in [-0.1, -0.05) is 6.07 Å². The standard InChI is InChI=1S/C24H26N4O2S/c1-29-18-11-9-17(10-12-18)27-14-4-8-21(27)23-22(20-7-2-3-13-25-20)26-24(31)28(23)16-19-6-5-15-30-19/h2-4,7-14,19,22-23H,5-6,15-16H2,1H3,(H,26,31). The highest BCUT2D eigenvalue weighted by molar-refractivity contribution is 7.80. The van der Waals surface area contributed by atoms with Gasteiger partial charge < -0.3 is 24.3 Å². The van der Waals surface area contributed by atoms with Crippen LogP contribution in [0.2, 0.25) is 0 Å². The first kappa shape index (κ1) is 20.0. The number of ether oxygens (including phenoxy) is 2. The van der Waals surface area contributed by atoms with Crippen LogP contribution in [0.3, 0.4) is 0 Å². The minimum atomic E-state index is -0.0398. The van der Waals surface area contributed by atoms with Crippen LogP contribution in [0, 0.1) is 0 Å². The molecule has 2 saturated heterocycles. The Morgan fingerprint density at radius 2 is 2.03 bits per heavy atom. The number of hydrogen-bond donors (Lipinski definition) is 1. The van der Waals surface area contributed by atoms with Gasteiger partial charge >= 0.3 is 0 Å². The monoisotopic (exact) mass is 434 g/mol. The van der Waals surface area contributed by atoms with Crippen molar-refractivity contribution in [3.8, 4) is 11.4 Å². The van der Waals surface area contributed by atoms with Crippen LogP contribution < -0.4 is 10.1 Å². The summed E-state index contributed by atoms with van der Waals surface area (Å²) in [5.41, 5.74) is 3.22. The summed E-state index contributed by atoms with van der Waals surface area (Å²) in [6.45, 7) is 1.60. The van der Waals surface area contributed by atoms with E-state index in [-0.39, 0.29) is 18.2 Å². The van der Waals surface area contributed by atoms with E-state index in [2.05, 4.69) is 56.3 Å². The Morgan fingerprint density at radius 3 is 2.74 bits per heavy atom. The van der Waals surface area contributed by atoms with Crippen LogP contribution in [-0.2, 0) is 4.74 Å². The Labute approximate surface area is 187 Å². The minimum Gasteiger partial charge on any atom is -0.497 e. The zero-order valence-corrected chi connectivity index (χ0v) is 18.3. The average molecular weight is 435 g/mol. The van der Waals surface area contributed by atoms with E-state index in [9.17, 15) is 0 Å². The van der Waals surface area contributed by atoms with Gasteiger partial charge in [-0.15, -0.1) is 0 Å². The summed E-state index contributed by atoms with van der Waals surface area (Å²) in [5.74, 6) is 0.840. The number of nitrogens with one attached hydrogen (secondary N) is 1. The molecule has 0 radical (unpaired) electrons. The minimum absolute atomic E-state index is 0.00343. The number of aromatic nitrogens is 2. The van der Waals surface area contributed by atoms with Gasteiger partial charge in [-0.3, -0.25) is 4.98 Å². The predicted molar refractivity (Wildman–Crippen MR) is 123 cm³/mol. The van der Waals surface area contributed by atoms with Crippen LogP contribution >= 0.6 is 12.2 Å². The lowest BCUT2D eigenvalue weighted by atomic mass is 10.0. The molecule has 5 rings (SSSR count). The molecular weight excluding hydrogens is 408 g/mol. The van der Waals surface area contributed by atoms with Gasteiger partial charge in [0.15, 0.2) is 5.11 Å². The Hall–Kier alpha value is -2.90. The van der Waals surface area contributed by atoms with E-state index in [1.54, 1.807) is 7.11 Å². The Morgan fingerprint density at radius 1 is 1.16 bits per heavy atom. The molecule has 0 bridgehead atoms. The SMILES string of the molecule is COc1ccc(-n2cccc2C2C(c3ccccn3)NC(=S)N2CC2CCCO2)cc1. The second-order valence-electron chi connectivity index (χ2n) is 7.92. The molecular formula is C24H26N4O2S. The number of pyridine rings is 1. The number of hydrogen-bond acceptors (Lipinski definition) is 4. The van der Waals surface area contributed by atoms with E-state index in [1.165, 1.54) is 0 Å². The number of methoxy groups -OCH3 is 1. The van der Waals surface area contributed by atoms with Gasteiger partial charge in [-0.2, -0.15) is 0 Å². The van der Waals surface area contributed by atoms with Crippen LogP contribution in [0.5, 0.6) is 5.75 Å². The number of nitrogens with zero attached hydrogens (tertiary/aromatic N) is 3. The van der Waals surface area contributed by atoms with Gasteiger partial charge in [0.25, 0.3) is 0 Å². The Balaban J connectivity index is 1.55. The highest BCUT2D eigenvalue weighted by Crippen LogP contribution is 2.40. The fourth-order valence-corrected chi connectivity index (χ4v) is 4.86. The predicted octanol–water partition coefficient (Wildman–Crippen LogP) is 4.03. The largest absolute Gasteiger partial charge is 0.497 e. The van der Waals surface area contributed by atoms with Crippen LogP contribution in [0.25, 0.3) is 5.69 Å². The molecule has 0 aliphatic carbocycles. The third kappa shape index (κ3) is 3.91. The number of thiocarbonyl (C=S) groups is 1. The molecule has 7 heteroatoms. The second kappa shape index (κ2) is 8.69. The molecule has 3 aromatic rings. The van der Waals surface area contributed by atoms with Gasteiger partial charge in [0.2, 0.25) is 0 Å². The zero-order valence-electron chi connectivity index (χ0n) is 17.5. The molecule has 6 nitrogen and oxygen atoms in total. The first-order chi connectivity index (χ1) is 15.2. The highest BCUT2D eigenvalue weighted by Gasteiger charge is 2.42. The van der Waals surface area contributed by atoms with E-state index in [1.807, 2.05) is 30.5 Å². The van der Waals surface area contributed by atoms with Gasteiger partial charge in [0, 0.05) is 36.9 Å². The van der Waals surface area contributed by atoms with Crippen molar-refractivity contribution in [1.82, 2.24) is 19.8 Å². The third-order valence-electron chi connectivity index (χ3n) is 6.06. The Bertz CT molecular complexity index is 1030. The fraction of sp³-hybridized carbons (Fsp3) is 0.333. The van der Waals surface area contributed by atoms with Gasteiger partial charge in [-0.05, 0) is 73.6 Å². The van der Waals surface area contributed by atoms with Crippen LogP contribution in [0.1, 0.15) is 36.3 Å². The molecule has 0 spiro atoms. The molecule has 2 aromatic heterocycles. The van der Waals surface area contributed by atoms with Crippen LogP contribution in [0.15, 0.2) is 67.0 Å². The van der Waals surface area contributed by atoms with E-state index < -0.39 is 0 Å². The first-order valence-corrected chi connectivity index (χ1v) is 11.1. The van der Waals surface area contributed by atoms with Crippen molar-refractivity contribution in [2.75, 3.05) is 20.3 Å². The number of rotatable bonds is 6. The second-order valence-corrected chi connectivity index (χ2v) is 8.30. The van der Waals surface area contributed by atoms with E-state index in [4.69, 9.17) is 21.7 Å². The molecule has 2 fully saturated rings. The molecule has 160 valence electrons. The van der Waals surface area contributed by atoms with Crippen molar-refractivity contribution in [1.29, 1.82) is 0 Å². The summed E-state index contributed by atoms with van der Waals surface area (Å²) < 4.78 is 13.5. The molecule has 0 amide bonds. The molecule has 1 N–H and O–H groups in total. The average Bonchev–Trinajstić information content (AvgIpc) is 3.56. The molecule has 31 heavy (non-hydrogen) atoms. The summed E-state index contributed by atoms with van der Waals surface area (Å²) in [5, 5.41) is 4.28. The summed E-state index contributed by atoms with van der Waals surface area (Å²) in [6, 6.07) is 18.4. The maximum absolute atomic E-state index is 5.94. The molecule has 4 heterocycles. The molecule has 3 atom stereocenters. The molecule has 2 aliphatic heterocycles. The fourth-order valence-electron chi connectivity index (χ4n) is 4.54. The van der Waals surface area contributed by atoms with Crippen molar-refractivity contribution in [2.24, 2.45) is 0 Å². The van der Waals surface area contributed by atoms with Crippen LogP contribution in [0.4, 0.5) is 0 Å². The van der Waals surface area contributed by atoms with E-state index in [0.717, 1.165) is 53.9 Å². The summed E-state index contributed by atoms with van der Waals surface area (Å²) >= 11 is 5.80. The lowest BCUT2D eigenvalue weighted by Crippen LogP contribution is -2.36. The van der Waals surface area contributed by atoms with Crippen molar-refractivity contribution in [2.45, 2.75) is 31.0 Å². The smallest absolute Gasteiger partial charge is 0.170 e. The highest BCUT2D eigenvalue weighted by atomic mass is 32.1. The quantitative estimate of drug-likeness (QED) is 0.591. The molecule has 1 aromatic carbocycles. The van der Waals surface area contributed by atoms with Crippen molar-refractivity contribution in [3.05, 3.63) is 78.4 Å². The molecule has 3 unspecified atom stereocenters. The van der Waals surface area contributed by atoms with Crippen molar-refractivity contribution < 1.29 is 9.47 Å². The summed E-state index contributed by atoms with van der Waals surface area (Å²) in [4.78, 5) is 6.92. The molecule has 0 saturated carbocycles. The van der Waals surface area contributed by atoms with Crippen molar-refractivity contribution >= 4 is 17.3 Å². The number of benzene rings is 1. The van der Waals surface area contributed by atoms with Gasteiger partial charge in [0.05, 0.1) is 31.0 Å². The lowest BCUT2D eigenvalue weighted by molar-refractivity contribution is 0.0836. The maximum atomic E-state index is 5.94. The normalized spacial score (nSPS) is 23.2. The zero-order chi connectivity index (χ0) is 21.2. The van der Waals surface area contributed by atoms with Gasteiger partial charge in [-0.25, -0.2) is 0 Å². The van der Waals surface area contributed by atoms with Crippen LogP contribution in [-0.4, -0.2) is 45.9 Å². The third-order valence-corrected chi connectivity index (χ3v) is 6.41. The van der Waals surface area contributed by atoms with E-state index in [0.29, 0.717) is 0 Å². The van der Waals surface area contributed by atoms with Crippen molar-refractivity contribution in [3.63, 3.8) is 0 Å². The van der Waals surface area contributed by atoms with E-state index >= 15 is 0 Å². The first-order valence-electron chi connectivity index (χ1n) is 10.7. The maximum Gasteiger partial charge on any atom is 0.170 e. The topological polar surface area (TPSA) is 51.5 Å². The lowest BCUT2D eigenvalue weighted by Gasteiger charge is -2.30. The Kier molecular flexibility index (Phi) is 5.61. The van der Waals surface area contributed by atoms with Gasteiger partial charge in [0.1, 0.15) is 5.75 Å². The molecule has 2 aliphatic rings. The summed E-state index contributed by atoms with van der Waals surface area (Å²) in [7, 11) is 1.68.